The number of hydrogen-bond donors (Lipinski definition) is 1. The largest absolute Gasteiger partial charge is 0.375 e. The van der Waals surface area contributed by atoms with Crippen LogP contribution in [0, 0.1) is 0 Å². The maximum Gasteiger partial charge on any atom is 0.180 e. The van der Waals surface area contributed by atoms with E-state index in [1.54, 1.807) is 11.3 Å². The van der Waals surface area contributed by atoms with Gasteiger partial charge in [-0.05, 0) is 37.6 Å². The maximum absolute atomic E-state index is 5.94. The highest BCUT2D eigenvalue weighted by Crippen LogP contribution is 2.25. The van der Waals surface area contributed by atoms with Crippen molar-refractivity contribution < 1.29 is 0 Å². The van der Waals surface area contributed by atoms with Crippen molar-refractivity contribution in [3.63, 3.8) is 0 Å². The quantitative estimate of drug-likeness (QED) is 0.907. The smallest absolute Gasteiger partial charge is 0.180 e. The van der Waals surface area contributed by atoms with Crippen LogP contribution in [-0.4, -0.2) is 23.0 Å². The van der Waals surface area contributed by atoms with Gasteiger partial charge in [-0.3, -0.25) is 4.90 Å². The molecule has 0 saturated heterocycles. The van der Waals surface area contributed by atoms with Crippen molar-refractivity contribution in [1.29, 1.82) is 0 Å². The molecular weight excluding hydrogens is 290 g/mol. The van der Waals surface area contributed by atoms with Crippen molar-refractivity contribution in [3.8, 4) is 0 Å². The summed E-state index contributed by atoms with van der Waals surface area (Å²) in [7, 11) is 2.13. The first-order valence-electron chi connectivity index (χ1n) is 6.63. The van der Waals surface area contributed by atoms with E-state index in [0.717, 1.165) is 11.6 Å². The summed E-state index contributed by atoms with van der Waals surface area (Å²) in [5, 5.41) is 1.41. The van der Waals surface area contributed by atoms with Crippen LogP contribution < -0.4 is 5.73 Å². The maximum atomic E-state index is 5.94. The molecule has 1 heterocycles. The molecule has 3 nitrogen and oxygen atoms in total. The summed E-state index contributed by atoms with van der Waals surface area (Å²) in [6, 6.07) is 8.51. The van der Waals surface area contributed by atoms with Crippen LogP contribution in [0.5, 0.6) is 0 Å². The Morgan fingerprint density at radius 1 is 1.30 bits per heavy atom. The van der Waals surface area contributed by atoms with Crippen LogP contribution >= 0.6 is 22.9 Å². The third-order valence-electron chi connectivity index (χ3n) is 3.79. The Balaban J connectivity index is 2.02. The van der Waals surface area contributed by atoms with Crippen molar-refractivity contribution >= 4 is 28.1 Å². The van der Waals surface area contributed by atoms with Crippen molar-refractivity contribution in [2.24, 2.45) is 0 Å². The predicted octanol–water partition coefficient (Wildman–Crippen LogP) is 4.00. The molecule has 0 saturated carbocycles. The minimum absolute atomic E-state index is 0.416. The standard InChI is InChI=1S/C15H20ClN3S/c1-10(12-4-6-13(16)7-5-12)11(2)19(3)9-14-8-18-15(17)20-14/h4-8,10-11H,9H2,1-3H3,(H2,17,18). The number of thiazole rings is 1. The first kappa shape index (κ1) is 15.3. The van der Waals surface area contributed by atoms with Gasteiger partial charge in [0.1, 0.15) is 0 Å². The summed E-state index contributed by atoms with van der Waals surface area (Å²) < 4.78 is 0. The number of anilines is 1. The van der Waals surface area contributed by atoms with Gasteiger partial charge in [0, 0.05) is 28.7 Å². The molecule has 0 amide bonds. The average Bonchev–Trinajstić information content (AvgIpc) is 2.83. The van der Waals surface area contributed by atoms with Gasteiger partial charge in [0.15, 0.2) is 5.13 Å². The Bertz CT molecular complexity index is 553. The predicted molar refractivity (Wildman–Crippen MR) is 87.3 cm³/mol. The lowest BCUT2D eigenvalue weighted by atomic mass is 9.93. The number of nitrogens with zero attached hydrogens (tertiary/aromatic N) is 2. The summed E-state index contributed by atoms with van der Waals surface area (Å²) in [4.78, 5) is 7.62. The first-order chi connectivity index (χ1) is 9.47. The van der Waals surface area contributed by atoms with Gasteiger partial charge in [-0.2, -0.15) is 0 Å². The number of hydrogen-bond acceptors (Lipinski definition) is 4. The van der Waals surface area contributed by atoms with E-state index in [2.05, 4.69) is 42.9 Å². The van der Waals surface area contributed by atoms with E-state index in [4.69, 9.17) is 17.3 Å². The fraction of sp³-hybridized carbons (Fsp3) is 0.400. The van der Waals surface area contributed by atoms with Crippen LogP contribution in [0.15, 0.2) is 30.5 Å². The molecule has 2 unspecified atom stereocenters. The molecule has 20 heavy (non-hydrogen) atoms. The monoisotopic (exact) mass is 309 g/mol. The molecule has 0 aliphatic heterocycles. The Kier molecular flexibility index (Phi) is 5.02. The van der Waals surface area contributed by atoms with Gasteiger partial charge in [0.2, 0.25) is 0 Å². The van der Waals surface area contributed by atoms with Gasteiger partial charge in [-0.15, -0.1) is 11.3 Å². The van der Waals surface area contributed by atoms with Gasteiger partial charge >= 0.3 is 0 Å². The lowest BCUT2D eigenvalue weighted by Crippen LogP contribution is -2.32. The minimum Gasteiger partial charge on any atom is -0.375 e. The zero-order valence-corrected chi connectivity index (χ0v) is 13.6. The molecule has 0 aliphatic carbocycles. The van der Waals surface area contributed by atoms with Crippen molar-refractivity contribution in [2.45, 2.75) is 32.4 Å². The van der Waals surface area contributed by atoms with Crippen LogP contribution in [0.2, 0.25) is 5.02 Å². The van der Waals surface area contributed by atoms with Gasteiger partial charge in [0.05, 0.1) is 0 Å². The number of benzene rings is 1. The van der Waals surface area contributed by atoms with Crippen molar-refractivity contribution in [3.05, 3.63) is 45.9 Å². The molecule has 0 aliphatic rings. The highest BCUT2D eigenvalue weighted by Gasteiger charge is 2.19. The Morgan fingerprint density at radius 2 is 1.95 bits per heavy atom. The summed E-state index contributed by atoms with van der Waals surface area (Å²) in [6.07, 6.45) is 1.86. The number of halogens is 1. The molecule has 0 spiro atoms. The second-order valence-corrected chi connectivity index (χ2v) is 6.74. The summed E-state index contributed by atoms with van der Waals surface area (Å²) in [5.74, 6) is 0.433. The molecule has 2 aromatic rings. The number of rotatable bonds is 5. The second-order valence-electron chi connectivity index (χ2n) is 5.16. The van der Waals surface area contributed by atoms with Crippen molar-refractivity contribution in [2.75, 3.05) is 12.8 Å². The van der Waals surface area contributed by atoms with Gasteiger partial charge in [-0.1, -0.05) is 30.7 Å². The molecule has 2 rings (SSSR count). The molecule has 0 fully saturated rings. The lowest BCUT2D eigenvalue weighted by Gasteiger charge is -2.29. The first-order valence-corrected chi connectivity index (χ1v) is 7.82. The molecule has 2 N–H and O–H groups in total. The summed E-state index contributed by atoms with van der Waals surface area (Å²) in [5.41, 5.74) is 6.98. The number of nitrogen functional groups attached to an aromatic ring is 1. The Morgan fingerprint density at radius 3 is 2.50 bits per heavy atom. The SMILES string of the molecule is CC(c1ccc(Cl)cc1)C(C)N(C)Cc1cnc(N)s1. The Labute approximate surface area is 129 Å². The van der Waals surface area contributed by atoms with Crippen molar-refractivity contribution in [1.82, 2.24) is 9.88 Å². The summed E-state index contributed by atoms with van der Waals surface area (Å²) >= 11 is 7.49. The van der Waals surface area contributed by atoms with Crippen LogP contribution in [0.25, 0.3) is 0 Å². The fourth-order valence-electron chi connectivity index (χ4n) is 2.21. The zero-order valence-electron chi connectivity index (χ0n) is 12.0. The van der Waals surface area contributed by atoms with E-state index in [1.165, 1.54) is 10.4 Å². The minimum atomic E-state index is 0.416. The fourth-order valence-corrected chi connectivity index (χ4v) is 3.09. The van der Waals surface area contributed by atoms with Crippen LogP contribution in [0.3, 0.4) is 0 Å². The van der Waals surface area contributed by atoms with Crippen LogP contribution in [0.4, 0.5) is 5.13 Å². The second kappa shape index (κ2) is 6.57. The van der Waals surface area contributed by atoms with E-state index >= 15 is 0 Å². The number of aromatic nitrogens is 1. The average molecular weight is 310 g/mol. The zero-order chi connectivity index (χ0) is 14.7. The highest BCUT2D eigenvalue weighted by atomic mass is 35.5. The number of likely N-dealkylation sites (N-methyl/N-ethyl adjacent to an activating group) is 1. The lowest BCUT2D eigenvalue weighted by molar-refractivity contribution is 0.225. The molecule has 5 heteroatoms. The Hall–Kier alpha value is -1.10. The summed E-state index contributed by atoms with van der Waals surface area (Å²) in [6.45, 7) is 5.35. The normalized spacial score (nSPS) is 14.4. The molecule has 1 aromatic heterocycles. The number of nitrogens with two attached hydrogens (primary N) is 1. The third-order valence-corrected chi connectivity index (χ3v) is 4.85. The van der Waals surface area contributed by atoms with E-state index < -0.39 is 0 Å². The van der Waals surface area contributed by atoms with Crippen LogP contribution in [0.1, 0.15) is 30.2 Å². The molecule has 1 aromatic carbocycles. The van der Waals surface area contributed by atoms with E-state index in [-0.39, 0.29) is 0 Å². The van der Waals surface area contributed by atoms with Gasteiger partial charge in [-0.25, -0.2) is 4.98 Å². The third kappa shape index (κ3) is 3.72. The van der Waals surface area contributed by atoms with Gasteiger partial charge in [0.25, 0.3) is 0 Å². The molecule has 2 atom stereocenters. The topological polar surface area (TPSA) is 42.2 Å². The highest BCUT2D eigenvalue weighted by molar-refractivity contribution is 7.15. The molecule has 108 valence electrons. The van der Waals surface area contributed by atoms with Gasteiger partial charge < -0.3 is 5.73 Å². The van der Waals surface area contributed by atoms with E-state index in [9.17, 15) is 0 Å². The molecular formula is C15H20ClN3S. The van der Waals surface area contributed by atoms with E-state index in [0.29, 0.717) is 17.1 Å². The van der Waals surface area contributed by atoms with Crippen LogP contribution in [-0.2, 0) is 6.54 Å². The van der Waals surface area contributed by atoms with E-state index in [1.807, 2.05) is 18.3 Å². The molecule has 0 radical (unpaired) electrons. The molecule has 0 bridgehead atoms.